The summed E-state index contributed by atoms with van der Waals surface area (Å²) in [6.07, 6.45) is 1.71. The van der Waals surface area contributed by atoms with Gasteiger partial charge < -0.3 is 9.84 Å². The second kappa shape index (κ2) is 4.49. The van der Waals surface area contributed by atoms with E-state index in [0.29, 0.717) is 0 Å². The monoisotopic (exact) mass is 232 g/mol. The number of methoxy groups -OCH3 is 1. The van der Waals surface area contributed by atoms with Crippen molar-refractivity contribution in [3.05, 3.63) is 30.5 Å². The highest BCUT2D eigenvalue weighted by molar-refractivity contribution is 5.67. The Morgan fingerprint density at radius 2 is 1.88 bits per heavy atom. The molecule has 0 radical (unpaired) electrons. The average Bonchev–Trinajstić information content (AvgIpc) is 2.73. The van der Waals surface area contributed by atoms with Crippen LogP contribution in [0.1, 0.15) is 19.9 Å². The van der Waals surface area contributed by atoms with Crippen LogP contribution in [0.4, 0.5) is 0 Å². The second-order valence-electron chi connectivity index (χ2n) is 4.15. The number of nitrogens with zero attached hydrogens (tertiary/aromatic N) is 2. The van der Waals surface area contributed by atoms with Crippen LogP contribution in [0.5, 0.6) is 11.5 Å². The van der Waals surface area contributed by atoms with Gasteiger partial charge in [0.2, 0.25) is 0 Å². The Hall–Kier alpha value is -1.97. The van der Waals surface area contributed by atoms with Gasteiger partial charge in [-0.2, -0.15) is 5.10 Å². The van der Waals surface area contributed by atoms with Gasteiger partial charge in [0.15, 0.2) is 5.75 Å². The molecule has 0 amide bonds. The molecule has 1 N–H and O–H groups in total. The minimum absolute atomic E-state index is 0.253. The highest BCUT2D eigenvalue weighted by Gasteiger charge is 2.15. The molecule has 0 unspecified atom stereocenters. The molecule has 0 aliphatic carbocycles. The van der Waals surface area contributed by atoms with Gasteiger partial charge in [-0.25, -0.2) is 0 Å². The summed E-state index contributed by atoms with van der Waals surface area (Å²) in [7, 11) is 1.63. The van der Waals surface area contributed by atoms with Crippen molar-refractivity contribution in [2.75, 3.05) is 7.11 Å². The van der Waals surface area contributed by atoms with E-state index >= 15 is 0 Å². The highest BCUT2D eigenvalue weighted by Crippen LogP contribution is 2.32. The molecule has 1 heterocycles. The molecule has 0 spiro atoms. The Kier molecular flexibility index (Phi) is 3.04. The minimum atomic E-state index is 0.253. The topological polar surface area (TPSA) is 47.3 Å². The predicted octanol–water partition coefficient (Wildman–Crippen LogP) is 2.85. The number of aromatic nitrogens is 2. The van der Waals surface area contributed by atoms with Crippen molar-refractivity contribution in [2.45, 2.75) is 19.9 Å². The maximum Gasteiger partial charge on any atom is 0.164 e. The van der Waals surface area contributed by atoms with Crippen LogP contribution in [0.25, 0.3) is 11.3 Å². The van der Waals surface area contributed by atoms with Crippen molar-refractivity contribution in [1.29, 1.82) is 0 Å². The van der Waals surface area contributed by atoms with Gasteiger partial charge in [0, 0.05) is 11.6 Å². The summed E-state index contributed by atoms with van der Waals surface area (Å²) in [5.41, 5.74) is 1.91. The number of rotatable bonds is 3. The molecule has 17 heavy (non-hydrogen) atoms. The molecule has 0 atom stereocenters. The van der Waals surface area contributed by atoms with Gasteiger partial charge in [0.25, 0.3) is 0 Å². The van der Waals surface area contributed by atoms with E-state index in [1.807, 2.05) is 16.8 Å². The fourth-order valence-electron chi connectivity index (χ4n) is 1.78. The third-order valence-corrected chi connectivity index (χ3v) is 2.61. The van der Waals surface area contributed by atoms with E-state index in [9.17, 15) is 5.11 Å². The van der Waals surface area contributed by atoms with Crippen LogP contribution in [0.2, 0.25) is 0 Å². The van der Waals surface area contributed by atoms with Crippen molar-refractivity contribution in [3.8, 4) is 22.8 Å². The Morgan fingerprint density at radius 3 is 2.41 bits per heavy atom. The van der Waals surface area contributed by atoms with E-state index in [0.717, 1.165) is 17.0 Å². The molecule has 0 fully saturated rings. The van der Waals surface area contributed by atoms with Crippen LogP contribution >= 0.6 is 0 Å². The Morgan fingerprint density at radius 1 is 1.24 bits per heavy atom. The first-order valence-electron chi connectivity index (χ1n) is 5.54. The Bertz CT molecular complexity index is 501. The van der Waals surface area contributed by atoms with Crippen LogP contribution in [0, 0.1) is 0 Å². The van der Waals surface area contributed by atoms with Crippen LogP contribution in [0.15, 0.2) is 30.5 Å². The normalized spacial score (nSPS) is 10.8. The van der Waals surface area contributed by atoms with Crippen molar-refractivity contribution in [1.82, 2.24) is 9.78 Å². The summed E-state index contributed by atoms with van der Waals surface area (Å²) >= 11 is 0. The first-order valence-corrected chi connectivity index (χ1v) is 5.54. The molecule has 1 aromatic carbocycles. The number of hydrogen-bond acceptors (Lipinski definition) is 3. The number of aromatic hydroxyl groups is 1. The molecule has 0 saturated heterocycles. The zero-order valence-electron chi connectivity index (χ0n) is 10.2. The highest BCUT2D eigenvalue weighted by atomic mass is 16.5. The van der Waals surface area contributed by atoms with Gasteiger partial charge in [-0.15, -0.1) is 0 Å². The van der Waals surface area contributed by atoms with E-state index in [2.05, 4.69) is 18.9 Å². The summed E-state index contributed by atoms with van der Waals surface area (Å²) in [6, 6.07) is 7.28. The fourth-order valence-corrected chi connectivity index (χ4v) is 1.78. The van der Waals surface area contributed by atoms with Crippen molar-refractivity contribution < 1.29 is 9.84 Å². The molecule has 4 nitrogen and oxygen atoms in total. The third-order valence-electron chi connectivity index (χ3n) is 2.61. The lowest BCUT2D eigenvalue weighted by molar-refractivity contribution is 0.415. The summed E-state index contributed by atoms with van der Waals surface area (Å²) in [4.78, 5) is 0. The van der Waals surface area contributed by atoms with E-state index < -0.39 is 0 Å². The van der Waals surface area contributed by atoms with Gasteiger partial charge in [-0.05, 0) is 38.1 Å². The molecule has 1 aromatic heterocycles. The number of phenolic OH excluding ortho intramolecular Hbond substituents is 1. The van der Waals surface area contributed by atoms with E-state index in [1.54, 1.807) is 25.4 Å². The molecule has 90 valence electrons. The van der Waals surface area contributed by atoms with Gasteiger partial charge >= 0.3 is 0 Å². The van der Waals surface area contributed by atoms with E-state index in [4.69, 9.17) is 4.74 Å². The molecule has 0 bridgehead atoms. The first kappa shape index (κ1) is 11.5. The lowest BCUT2D eigenvalue weighted by Crippen LogP contribution is -2.04. The Labute approximate surface area is 100 Å². The molecule has 0 aliphatic rings. The van der Waals surface area contributed by atoms with E-state index in [1.165, 1.54) is 0 Å². The van der Waals surface area contributed by atoms with Crippen LogP contribution in [-0.2, 0) is 0 Å². The Balaban J connectivity index is 2.55. The minimum Gasteiger partial charge on any atom is -0.508 e. The molecule has 2 rings (SSSR count). The van der Waals surface area contributed by atoms with Gasteiger partial charge in [-0.3, -0.25) is 4.68 Å². The zero-order chi connectivity index (χ0) is 12.4. The molecular weight excluding hydrogens is 216 g/mol. The fraction of sp³-hybridized carbons (Fsp3) is 0.308. The lowest BCUT2D eigenvalue weighted by Gasteiger charge is -2.12. The van der Waals surface area contributed by atoms with Crippen LogP contribution < -0.4 is 4.74 Å². The molecule has 0 saturated carbocycles. The van der Waals surface area contributed by atoms with Crippen molar-refractivity contribution in [2.24, 2.45) is 0 Å². The summed E-state index contributed by atoms with van der Waals surface area (Å²) in [6.45, 7) is 4.13. The number of hydrogen-bond donors (Lipinski definition) is 1. The van der Waals surface area contributed by atoms with Crippen LogP contribution in [0.3, 0.4) is 0 Å². The van der Waals surface area contributed by atoms with Gasteiger partial charge in [0.1, 0.15) is 11.4 Å². The second-order valence-corrected chi connectivity index (χ2v) is 4.15. The summed E-state index contributed by atoms with van der Waals surface area (Å²) in [5.74, 6) is 0.993. The summed E-state index contributed by atoms with van der Waals surface area (Å²) in [5, 5.41) is 13.6. The first-order chi connectivity index (χ1) is 8.13. The van der Waals surface area contributed by atoms with Crippen molar-refractivity contribution in [3.63, 3.8) is 0 Å². The lowest BCUT2D eigenvalue weighted by atomic mass is 10.1. The van der Waals surface area contributed by atoms with Gasteiger partial charge in [0.05, 0.1) is 13.3 Å². The quantitative estimate of drug-likeness (QED) is 0.885. The third kappa shape index (κ3) is 2.11. The maximum absolute atomic E-state index is 9.31. The zero-order valence-corrected chi connectivity index (χ0v) is 10.2. The average molecular weight is 232 g/mol. The number of ether oxygens (including phenoxy) is 1. The predicted molar refractivity (Wildman–Crippen MR) is 66.3 cm³/mol. The largest absolute Gasteiger partial charge is 0.508 e. The maximum atomic E-state index is 9.31. The smallest absolute Gasteiger partial charge is 0.164 e. The molecular formula is C13H16N2O2. The number of phenols is 1. The van der Waals surface area contributed by atoms with Gasteiger partial charge in [-0.1, -0.05) is 0 Å². The van der Waals surface area contributed by atoms with Crippen LogP contribution in [-0.4, -0.2) is 22.0 Å². The summed E-state index contributed by atoms with van der Waals surface area (Å²) < 4.78 is 7.22. The number of benzene rings is 1. The molecule has 4 heteroatoms. The molecule has 2 aromatic rings. The SMILES string of the molecule is COc1cnn(C(C)C)c1-c1ccc(O)cc1. The van der Waals surface area contributed by atoms with E-state index in [-0.39, 0.29) is 11.8 Å². The standard InChI is InChI=1S/C13H16N2O2/c1-9(2)15-13(12(17-3)8-14-15)10-4-6-11(16)7-5-10/h4-9,16H,1-3H3. The molecule has 0 aliphatic heterocycles. The van der Waals surface area contributed by atoms with Crippen molar-refractivity contribution >= 4 is 0 Å².